The molecule has 0 unspecified atom stereocenters. The molecule has 2 nitrogen and oxygen atoms in total. The van der Waals surface area contributed by atoms with Crippen LogP contribution >= 0.6 is 23.4 Å². The van der Waals surface area contributed by atoms with Crippen LogP contribution in [0, 0.1) is 0 Å². The maximum absolute atomic E-state index is 12.8. The maximum atomic E-state index is 12.8. The molecule has 138 valence electrons. The van der Waals surface area contributed by atoms with Crippen LogP contribution in [0.25, 0.3) is 0 Å². The first kappa shape index (κ1) is 19.3. The van der Waals surface area contributed by atoms with Gasteiger partial charge in [0.05, 0.1) is 11.3 Å². The first-order valence-corrected chi connectivity index (χ1v) is 10.7. The van der Waals surface area contributed by atoms with Crippen molar-refractivity contribution in [2.24, 2.45) is 0 Å². The maximum Gasteiger partial charge on any atom is 0.233 e. The Morgan fingerprint density at radius 1 is 1.12 bits per heavy atom. The fourth-order valence-corrected chi connectivity index (χ4v) is 4.50. The van der Waals surface area contributed by atoms with Crippen LogP contribution in [-0.4, -0.2) is 11.2 Å². The van der Waals surface area contributed by atoms with E-state index in [1.165, 1.54) is 36.0 Å². The number of amides is 1. The number of rotatable bonds is 6. The lowest BCUT2D eigenvalue weighted by Crippen LogP contribution is -2.34. The Balaban J connectivity index is 1.64. The quantitative estimate of drug-likeness (QED) is 0.619. The second kappa shape index (κ2) is 8.96. The van der Waals surface area contributed by atoms with E-state index in [0.717, 1.165) is 17.7 Å². The highest BCUT2D eigenvalue weighted by Crippen LogP contribution is 2.28. The molecule has 0 aromatic heterocycles. The van der Waals surface area contributed by atoms with Crippen molar-refractivity contribution in [3.05, 3.63) is 64.2 Å². The van der Waals surface area contributed by atoms with Crippen molar-refractivity contribution in [3.8, 4) is 0 Å². The minimum Gasteiger partial charge on any atom is -0.349 e. The zero-order chi connectivity index (χ0) is 18.5. The molecule has 0 fully saturated rings. The molecule has 0 saturated carbocycles. The second-order valence-corrected chi connectivity index (χ2v) is 8.65. The van der Waals surface area contributed by atoms with Gasteiger partial charge in [0.15, 0.2) is 0 Å². The first-order valence-electron chi connectivity index (χ1n) is 9.41. The van der Waals surface area contributed by atoms with Crippen molar-refractivity contribution >= 4 is 29.3 Å². The van der Waals surface area contributed by atoms with Crippen LogP contribution in [0.2, 0.25) is 5.02 Å². The molecular formula is C22H26ClNOS. The van der Waals surface area contributed by atoms with E-state index in [0.29, 0.717) is 5.02 Å². The van der Waals surface area contributed by atoms with Crippen LogP contribution in [-0.2, 0) is 17.6 Å². The summed E-state index contributed by atoms with van der Waals surface area (Å²) < 4.78 is 0. The van der Waals surface area contributed by atoms with Crippen molar-refractivity contribution in [3.63, 3.8) is 0 Å². The summed E-state index contributed by atoms with van der Waals surface area (Å²) in [4.78, 5) is 13.8. The third-order valence-electron chi connectivity index (χ3n) is 4.99. The number of aryl methyl sites for hydroxylation is 2. The molecule has 2 aromatic carbocycles. The number of hydrogen-bond donors (Lipinski definition) is 1. The lowest BCUT2D eigenvalue weighted by Gasteiger charge is -2.22. The third kappa shape index (κ3) is 4.83. The van der Waals surface area contributed by atoms with E-state index in [1.807, 2.05) is 24.3 Å². The predicted molar refractivity (Wildman–Crippen MR) is 111 cm³/mol. The standard InChI is InChI=1S/C22H26ClNOS/c1-3-21(26-20-12-10-19(23)11-13-20)22(25)24-15(2)17-9-8-16-6-4-5-7-18(16)14-17/h8-15,21H,3-7H2,1-2H3,(H,24,25)/t15-,21+/m0/s1. The number of halogens is 1. The van der Waals surface area contributed by atoms with Crippen molar-refractivity contribution in [1.82, 2.24) is 5.32 Å². The zero-order valence-corrected chi connectivity index (χ0v) is 17.0. The lowest BCUT2D eigenvalue weighted by molar-refractivity contribution is -0.121. The Hall–Kier alpha value is -1.45. The van der Waals surface area contributed by atoms with Gasteiger partial charge >= 0.3 is 0 Å². The van der Waals surface area contributed by atoms with Gasteiger partial charge in [0.25, 0.3) is 0 Å². The summed E-state index contributed by atoms with van der Waals surface area (Å²) in [6, 6.07) is 14.4. The largest absolute Gasteiger partial charge is 0.349 e. The van der Waals surface area contributed by atoms with Crippen LogP contribution < -0.4 is 5.32 Å². The topological polar surface area (TPSA) is 29.1 Å². The molecule has 0 radical (unpaired) electrons. The molecule has 3 rings (SSSR count). The summed E-state index contributed by atoms with van der Waals surface area (Å²) in [6.45, 7) is 4.12. The molecule has 2 aromatic rings. The summed E-state index contributed by atoms with van der Waals surface area (Å²) >= 11 is 7.54. The van der Waals surface area contributed by atoms with Gasteiger partial charge in [-0.2, -0.15) is 0 Å². The molecule has 1 amide bonds. The Kier molecular flexibility index (Phi) is 6.66. The summed E-state index contributed by atoms with van der Waals surface area (Å²) in [5, 5.41) is 3.81. The molecule has 0 heterocycles. The molecule has 0 bridgehead atoms. The summed E-state index contributed by atoms with van der Waals surface area (Å²) in [7, 11) is 0. The van der Waals surface area contributed by atoms with Crippen LogP contribution in [0.1, 0.15) is 55.8 Å². The van der Waals surface area contributed by atoms with E-state index < -0.39 is 0 Å². The average molecular weight is 388 g/mol. The Labute approximate surface area is 165 Å². The molecule has 1 aliphatic rings. The molecule has 2 atom stereocenters. The van der Waals surface area contributed by atoms with Gasteiger partial charge in [-0.1, -0.05) is 36.7 Å². The minimum atomic E-state index is -0.101. The first-order chi connectivity index (χ1) is 12.6. The van der Waals surface area contributed by atoms with Gasteiger partial charge in [-0.05, 0) is 80.0 Å². The number of nitrogens with one attached hydrogen (secondary N) is 1. The molecule has 1 aliphatic carbocycles. The molecule has 1 N–H and O–H groups in total. The molecule has 4 heteroatoms. The highest BCUT2D eigenvalue weighted by Gasteiger charge is 2.21. The summed E-state index contributed by atoms with van der Waals surface area (Å²) in [6.07, 6.45) is 5.70. The van der Waals surface area contributed by atoms with E-state index in [2.05, 4.69) is 37.4 Å². The highest BCUT2D eigenvalue weighted by atomic mass is 35.5. The fraction of sp³-hybridized carbons (Fsp3) is 0.409. The number of benzene rings is 2. The summed E-state index contributed by atoms with van der Waals surface area (Å²) in [5.74, 6) is 0.0951. The highest BCUT2D eigenvalue weighted by molar-refractivity contribution is 8.00. The number of carbonyl (C=O) groups excluding carboxylic acids is 1. The monoisotopic (exact) mass is 387 g/mol. The van der Waals surface area contributed by atoms with Gasteiger partial charge in [0.1, 0.15) is 0 Å². The van der Waals surface area contributed by atoms with Crippen LogP contribution in [0.4, 0.5) is 0 Å². The number of hydrogen-bond acceptors (Lipinski definition) is 2. The molecule has 0 spiro atoms. The fourth-order valence-electron chi connectivity index (χ4n) is 3.41. The van der Waals surface area contributed by atoms with Gasteiger partial charge in [-0.15, -0.1) is 11.8 Å². The average Bonchev–Trinajstić information content (AvgIpc) is 2.67. The minimum absolute atomic E-state index is 0.0228. The van der Waals surface area contributed by atoms with Crippen molar-refractivity contribution in [1.29, 1.82) is 0 Å². The molecule has 0 aliphatic heterocycles. The van der Waals surface area contributed by atoms with Crippen LogP contribution in [0.3, 0.4) is 0 Å². The van der Waals surface area contributed by atoms with Gasteiger partial charge < -0.3 is 5.32 Å². The van der Waals surface area contributed by atoms with E-state index >= 15 is 0 Å². The third-order valence-corrected chi connectivity index (χ3v) is 6.61. The van der Waals surface area contributed by atoms with Gasteiger partial charge in [-0.3, -0.25) is 4.79 Å². The van der Waals surface area contributed by atoms with E-state index in [-0.39, 0.29) is 17.2 Å². The lowest BCUT2D eigenvalue weighted by atomic mass is 9.89. The normalized spacial score (nSPS) is 15.8. The van der Waals surface area contributed by atoms with E-state index in [1.54, 1.807) is 11.8 Å². The zero-order valence-electron chi connectivity index (χ0n) is 15.4. The summed E-state index contributed by atoms with van der Waals surface area (Å²) in [5.41, 5.74) is 4.13. The smallest absolute Gasteiger partial charge is 0.233 e. The Bertz CT molecular complexity index is 759. The number of fused-ring (bicyclic) bond motifs is 1. The van der Waals surface area contributed by atoms with Crippen molar-refractivity contribution in [2.45, 2.75) is 62.1 Å². The van der Waals surface area contributed by atoms with Gasteiger partial charge in [0, 0.05) is 9.92 Å². The number of carbonyl (C=O) groups is 1. The van der Waals surface area contributed by atoms with Crippen molar-refractivity contribution < 1.29 is 4.79 Å². The van der Waals surface area contributed by atoms with E-state index in [9.17, 15) is 4.79 Å². The molecular weight excluding hydrogens is 362 g/mol. The van der Waals surface area contributed by atoms with Gasteiger partial charge in [0.2, 0.25) is 5.91 Å². The van der Waals surface area contributed by atoms with Gasteiger partial charge in [-0.25, -0.2) is 0 Å². The second-order valence-electron chi connectivity index (χ2n) is 6.93. The number of thioether (sulfide) groups is 1. The predicted octanol–water partition coefficient (Wildman–Crippen LogP) is 5.97. The molecule has 26 heavy (non-hydrogen) atoms. The molecule has 0 saturated heterocycles. The van der Waals surface area contributed by atoms with Crippen LogP contribution in [0.5, 0.6) is 0 Å². The van der Waals surface area contributed by atoms with Crippen molar-refractivity contribution in [2.75, 3.05) is 0 Å². The van der Waals surface area contributed by atoms with E-state index in [4.69, 9.17) is 11.6 Å². The SMILES string of the molecule is CC[C@@H](Sc1ccc(Cl)cc1)C(=O)N[C@@H](C)c1ccc2c(c1)CCCC2. The Morgan fingerprint density at radius 3 is 2.50 bits per heavy atom. The van der Waals surface area contributed by atoms with Crippen LogP contribution in [0.15, 0.2) is 47.4 Å². The Morgan fingerprint density at radius 2 is 1.81 bits per heavy atom.